The van der Waals surface area contributed by atoms with Gasteiger partial charge in [-0.15, -0.1) is 0 Å². The van der Waals surface area contributed by atoms with E-state index in [0.29, 0.717) is 6.42 Å². The Labute approximate surface area is 136 Å². The molecule has 4 bridgehead atoms. The molecular weight excluding hydrogens is 288 g/mol. The Balaban J connectivity index is 2.03. The summed E-state index contributed by atoms with van der Waals surface area (Å²) < 4.78 is 11.8. The summed E-state index contributed by atoms with van der Waals surface area (Å²) >= 11 is 0. The molecule has 1 aromatic carbocycles. The molecule has 118 valence electrons. The molecule has 2 aliphatic carbocycles. The zero-order chi connectivity index (χ0) is 16.1. The predicted octanol–water partition coefficient (Wildman–Crippen LogP) is 3.68. The topological polar surface area (TPSA) is 35.5 Å². The van der Waals surface area contributed by atoms with E-state index in [2.05, 4.69) is 12.7 Å². The maximum Gasteiger partial charge on any atom is 0.324 e. The lowest BCUT2D eigenvalue weighted by molar-refractivity contribution is -0.209. The summed E-state index contributed by atoms with van der Waals surface area (Å²) in [6.07, 6.45) is 8.36. The van der Waals surface area contributed by atoms with Crippen molar-refractivity contribution in [2.75, 3.05) is 7.11 Å². The molecule has 1 aliphatic heterocycles. The van der Waals surface area contributed by atoms with Crippen LogP contribution >= 0.6 is 0 Å². The molecule has 1 saturated heterocycles. The monoisotopic (exact) mass is 308 g/mol. The number of benzene rings is 1. The molecule has 3 nitrogen and oxygen atoms in total. The molecule has 1 heterocycles. The lowest BCUT2D eigenvalue weighted by Crippen LogP contribution is -2.41. The summed E-state index contributed by atoms with van der Waals surface area (Å²) in [4.78, 5) is 13.1. The summed E-state index contributed by atoms with van der Waals surface area (Å²) in [5, 5.41) is 0. The number of hydrogen-bond acceptors (Lipinski definition) is 3. The lowest BCUT2D eigenvalue weighted by Gasteiger charge is -2.34. The first kappa shape index (κ1) is 14.5. The van der Waals surface area contributed by atoms with Crippen molar-refractivity contribution in [2.24, 2.45) is 5.92 Å². The summed E-state index contributed by atoms with van der Waals surface area (Å²) in [7, 11) is 1.63. The minimum Gasteiger partial charge on any atom is -0.428 e. The van der Waals surface area contributed by atoms with Gasteiger partial charge >= 0.3 is 5.97 Å². The summed E-state index contributed by atoms with van der Waals surface area (Å²) in [6, 6.07) is 9.87. The fourth-order valence-corrected chi connectivity index (χ4v) is 4.41. The quantitative estimate of drug-likeness (QED) is 0.617. The van der Waals surface area contributed by atoms with Crippen LogP contribution in [-0.4, -0.2) is 18.9 Å². The minimum atomic E-state index is -0.976. The predicted molar refractivity (Wildman–Crippen MR) is 87.7 cm³/mol. The molecular formula is C20H20O3. The van der Waals surface area contributed by atoms with Crippen LogP contribution in [0.1, 0.15) is 24.8 Å². The van der Waals surface area contributed by atoms with E-state index in [4.69, 9.17) is 9.47 Å². The average molecular weight is 308 g/mol. The number of ether oxygens (including phenoxy) is 2. The van der Waals surface area contributed by atoms with Gasteiger partial charge in [-0.3, -0.25) is 4.79 Å². The molecule has 1 aromatic rings. The number of allylic oxidation sites excluding steroid dienone is 4. The van der Waals surface area contributed by atoms with Crippen molar-refractivity contribution in [3.63, 3.8) is 0 Å². The van der Waals surface area contributed by atoms with E-state index in [-0.39, 0.29) is 11.9 Å². The molecule has 4 rings (SSSR count). The largest absolute Gasteiger partial charge is 0.428 e. The van der Waals surface area contributed by atoms with Gasteiger partial charge in [0.2, 0.25) is 5.79 Å². The van der Waals surface area contributed by atoms with E-state index in [9.17, 15) is 4.79 Å². The number of carbonyl (C=O) groups is 1. The van der Waals surface area contributed by atoms with Gasteiger partial charge < -0.3 is 9.47 Å². The van der Waals surface area contributed by atoms with E-state index in [1.54, 1.807) is 7.11 Å². The molecule has 0 spiro atoms. The van der Waals surface area contributed by atoms with E-state index in [1.807, 2.05) is 42.5 Å². The second-order valence-electron chi connectivity index (χ2n) is 6.60. The second-order valence-corrected chi connectivity index (χ2v) is 6.60. The highest BCUT2D eigenvalue weighted by Crippen LogP contribution is 2.59. The lowest BCUT2D eigenvalue weighted by atomic mass is 9.70. The Morgan fingerprint density at radius 3 is 2.83 bits per heavy atom. The highest BCUT2D eigenvalue weighted by molar-refractivity contribution is 5.92. The number of carbonyl (C=O) groups excluding carboxylic acids is 1. The van der Waals surface area contributed by atoms with Crippen molar-refractivity contribution >= 4 is 5.97 Å². The SMILES string of the molecule is C=C1CC2CC=CC=C3C2(OC)OC(=O)[C@]3(c2ccccc2)C1. The van der Waals surface area contributed by atoms with Crippen LogP contribution in [0.4, 0.5) is 0 Å². The maximum absolute atomic E-state index is 13.1. The van der Waals surface area contributed by atoms with Crippen LogP contribution < -0.4 is 0 Å². The maximum atomic E-state index is 13.1. The van der Waals surface area contributed by atoms with E-state index in [1.165, 1.54) is 0 Å². The van der Waals surface area contributed by atoms with Crippen molar-refractivity contribution in [2.45, 2.75) is 30.5 Å². The van der Waals surface area contributed by atoms with Crippen molar-refractivity contribution in [1.29, 1.82) is 0 Å². The van der Waals surface area contributed by atoms with Gasteiger partial charge in [0.1, 0.15) is 5.41 Å². The molecule has 0 radical (unpaired) electrons. The van der Waals surface area contributed by atoms with Crippen LogP contribution in [0.3, 0.4) is 0 Å². The van der Waals surface area contributed by atoms with Crippen molar-refractivity contribution in [3.05, 3.63) is 71.8 Å². The number of esters is 1. The van der Waals surface area contributed by atoms with Crippen molar-refractivity contribution in [1.82, 2.24) is 0 Å². The van der Waals surface area contributed by atoms with E-state index >= 15 is 0 Å². The molecule has 0 N–H and O–H groups in total. The average Bonchev–Trinajstić information content (AvgIpc) is 2.67. The van der Waals surface area contributed by atoms with Crippen LogP contribution in [0.25, 0.3) is 0 Å². The minimum absolute atomic E-state index is 0.0713. The van der Waals surface area contributed by atoms with Gasteiger partial charge in [-0.2, -0.15) is 0 Å². The van der Waals surface area contributed by atoms with Crippen molar-refractivity contribution in [3.8, 4) is 0 Å². The fourth-order valence-electron chi connectivity index (χ4n) is 4.41. The molecule has 0 amide bonds. The Kier molecular flexibility index (Phi) is 3.10. The van der Waals surface area contributed by atoms with Crippen LogP contribution in [-0.2, 0) is 19.7 Å². The van der Waals surface area contributed by atoms with Gasteiger partial charge in [-0.05, 0) is 24.8 Å². The fraction of sp³-hybridized carbons (Fsp3) is 0.350. The molecule has 2 unspecified atom stereocenters. The van der Waals surface area contributed by atoms with E-state index < -0.39 is 11.2 Å². The van der Waals surface area contributed by atoms with Gasteiger partial charge in [0, 0.05) is 18.6 Å². The standard InChI is InChI=1S/C20H20O3/c1-14-12-16-10-6-7-11-17-19(13-14,15-8-4-3-5-9-15)18(21)23-20(16,17)22-2/h3-9,11,16H,1,10,12-13H2,2H3/t16?,19-,20?/m0/s1. The van der Waals surface area contributed by atoms with Crippen LogP contribution in [0.2, 0.25) is 0 Å². The highest BCUT2D eigenvalue weighted by Gasteiger charge is 2.66. The molecule has 3 aliphatic rings. The smallest absolute Gasteiger partial charge is 0.324 e. The zero-order valence-electron chi connectivity index (χ0n) is 13.2. The Hall–Kier alpha value is -2.13. The van der Waals surface area contributed by atoms with Crippen molar-refractivity contribution < 1.29 is 14.3 Å². The first-order chi connectivity index (χ1) is 11.1. The first-order valence-electron chi connectivity index (χ1n) is 8.02. The summed E-state index contributed by atoms with van der Waals surface area (Å²) in [6.45, 7) is 4.24. The third-order valence-corrected chi connectivity index (χ3v) is 5.41. The van der Waals surface area contributed by atoms with Gasteiger partial charge in [0.25, 0.3) is 0 Å². The zero-order valence-corrected chi connectivity index (χ0v) is 13.2. The Morgan fingerprint density at radius 1 is 1.30 bits per heavy atom. The molecule has 3 heteroatoms. The molecule has 1 saturated carbocycles. The number of methoxy groups -OCH3 is 1. The van der Waals surface area contributed by atoms with Crippen LogP contribution in [0, 0.1) is 5.92 Å². The van der Waals surface area contributed by atoms with Gasteiger partial charge in [0.15, 0.2) is 0 Å². The molecule has 2 fully saturated rings. The Morgan fingerprint density at radius 2 is 2.09 bits per heavy atom. The van der Waals surface area contributed by atoms with Gasteiger partial charge in [-0.25, -0.2) is 0 Å². The van der Waals surface area contributed by atoms with Crippen LogP contribution in [0.5, 0.6) is 0 Å². The molecule has 23 heavy (non-hydrogen) atoms. The Bertz CT molecular complexity index is 731. The molecule has 0 aromatic heterocycles. The van der Waals surface area contributed by atoms with Gasteiger partial charge in [0.05, 0.1) is 0 Å². The first-order valence-corrected chi connectivity index (χ1v) is 8.02. The number of hydrogen-bond donors (Lipinski definition) is 0. The summed E-state index contributed by atoms with van der Waals surface area (Å²) in [5.41, 5.74) is 2.13. The summed E-state index contributed by atoms with van der Waals surface area (Å²) in [5.74, 6) is -1.13. The molecule has 3 atom stereocenters. The normalized spacial score (nSPS) is 35.3. The van der Waals surface area contributed by atoms with Gasteiger partial charge in [-0.1, -0.05) is 60.7 Å². The van der Waals surface area contributed by atoms with E-state index in [0.717, 1.165) is 29.6 Å². The highest BCUT2D eigenvalue weighted by atomic mass is 16.7. The number of rotatable bonds is 2. The third-order valence-electron chi connectivity index (χ3n) is 5.41. The van der Waals surface area contributed by atoms with Crippen LogP contribution in [0.15, 0.2) is 66.3 Å². The second kappa shape index (κ2) is 4.93. The third kappa shape index (κ3) is 1.77.